The quantitative estimate of drug-likeness (QED) is 0.296. The third-order valence-electron chi connectivity index (χ3n) is 3.58. The number of hydrogen-bond acceptors (Lipinski definition) is 3. The maximum Gasteiger partial charge on any atom is 0.222 e. The first kappa shape index (κ1) is 19.7. The van der Waals surface area contributed by atoms with E-state index in [1.165, 1.54) is 0 Å². The van der Waals surface area contributed by atoms with E-state index in [2.05, 4.69) is 16.4 Å². The van der Waals surface area contributed by atoms with Crippen LogP contribution in [0.15, 0.2) is 29.3 Å². The van der Waals surface area contributed by atoms with Crippen LogP contribution in [0, 0.1) is 0 Å². The van der Waals surface area contributed by atoms with Crippen molar-refractivity contribution in [1.29, 1.82) is 0 Å². The summed E-state index contributed by atoms with van der Waals surface area (Å²) in [7, 11) is 1.64. The Labute approximate surface area is 154 Å². The minimum Gasteiger partial charge on any atom is -0.383 e. The summed E-state index contributed by atoms with van der Waals surface area (Å²) in [4.78, 5) is 17.9. The van der Waals surface area contributed by atoms with E-state index in [1.807, 2.05) is 23.1 Å². The third kappa shape index (κ3) is 6.74. The Morgan fingerprint density at radius 3 is 2.91 bits per heavy atom. The Bertz CT molecular complexity index is 537. The van der Waals surface area contributed by atoms with Crippen LogP contribution in [0.25, 0.3) is 0 Å². The largest absolute Gasteiger partial charge is 0.383 e. The molecule has 6 nitrogen and oxygen atoms in total. The van der Waals surface area contributed by atoms with E-state index in [-0.39, 0.29) is 29.9 Å². The number of nitrogens with two attached hydrogens (primary N) is 1. The van der Waals surface area contributed by atoms with Crippen LogP contribution in [0.2, 0.25) is 0 Å². The number of nitrogens with one attached hydrogen (secondary N) is 1. The van der Waals surface area contributed by atoms with Gasteiger partial charge in [0, 0.05) is 33.2 Å². The highest BCUT2D eigenvalue weighted by molar-refractivity contribution is 14.0. The maximum absolute atomic E-state index is 11.7. The fraction of sp³-hybridized carbons (Fsp3) is 0.500. The van der Waals surface area contributed by atoms with Gasteiger partial charge in [-0.25, -0.2) is 4.99 Å². The molecule has 1 aliphatic heterocycles. The monoisotopic (exact) mass is 432 g/mol. The second-order valence-electron chi connectivity index (χ2n) is 5.36. The van der Waals surface area contributed by atoms with Crippen molar-refractivity contribution in [2.75, 3.05) is 26.8 Å². The minimum atomic E-state index is 0. The van der Waals surface area contributed by atoms with Gasteiger partial charge in [0.1, 0.15) is 0 Å². The Morgan fingerprint density at radius 2 is 2.22 bits per heavy atom. The smallest absolute Gasteiger partial charge is 0.222 e. The Morgan fingerprint density at radius 1 is 1.43 bits per heavy atom. The summed E-state index contributed by atoms with van der Waals surface area (Å²) in [5, 5.41) is 2.98. The van der Waals surface area contributed by atoms with Gasteiger partial charge < -0.3 is 20.7 Å². The van der Waals surface area contributed by atoms with Crippen LogP contribution in [-0.4, -0.2) is 43.6 Å². The summed E-state index contributed by atoms with van der Waals surface area (Å²) in [6.45, 7) is 3.29. The summed E-state index contributed by atoms with van der Waals surface area (Å²) in [6.07, 6.45) is 1.64. The molecule has 1 fully saturated rings. The van der Waals surface area contributed by atoms with Crippen molar-refractivity contribution < 1.29 is 9.53 Å². The molecule has 7 heteroatoms. The van der Waals surface area contributed by atoms with Gasteiger partial charge in [0.25, 0.3) is 0 Å². The van der Waals surface area contributed by atoms with Crippen LogP contribution in [-0.2, 0) is 22.6 Å². The van der Waals surface area contributed by atoms with E-state index in [4.69, 9.17) is 10.5 Å². The summed E-state index contributed by atoms with van der Waals surface area (Å²) in [5.41, 5.74) is 8.00. The van der Waals surface area contributed by atoms with Crippen molar-refractivity contribution in [3.05, 3.63) is 35.4 Å². The van der Waals surface area contributed by atoms with Gasteiger partial charge in [-0.1, -0.05) is 24.3 Å². The number of ether oxygens (including phenoxy) is 1. The number of amides is 1. The molecule has 0 saturated carbocycles. The normalized spacial score (nSPS) is 14.7. The molecule has 0 atom stereocenters. The molecule has 1 heterocycles. The zero-order valence-corrected chi connectivity index (χ0v) is 15.8. The predicted molar refractivity (Wildman–Crippen MR) is 102 cm³/mol. The summed E-state index contributed by atoms with van der Waals surface area (Å²) in [5.74, 6) is 0.659. The lowest BCUT2D eigenvalue weighted by Crippen LogP contribution is -2.34. The average molecular weight is 432 g/mol. The number of carbonyl (C=O) groups is 1. The van der Waals surface area contributed by atoms with Crippen molar-refractivity contribution in [1.82, 2.24) is 10.2 Å². The van der Waals surface area contributed by atoms with Gasteiger partial charge in [-0.3, -0.25) is 4.79 Å². The topological polar surface area (TPSA) is 80.0 Å². The molecule has 0 bridgehead atoms. The van der Waals surface area contributed by atoms with Crippen molar-refractivity contribution >= 4 is 35.8 Å². The highest BCUT2D eigenvalue weighted by Gasteiger charge is 2.19. The van der Waals surface area contributed by atoms with Crippen molar-refractivity contribution in [2.24, 2.45) is 10.7 Å². The molecule has 2 rings (SSSR count). The molecule has 0 aromatic heterocycles. The van der Waals surface area contributed by atoms with E-state index < -0.39 is 0 Å². The zero-order valence-electron chi connectivity index (χ0n) is 13.5. The van der Waals surface area contributed by atoms with Crippen molar-refractivity contribution in [2.45, 2.75) is 25.9 Å². The number of benzene rings is 1. The molecule has 1 aromatic carbocycles. The number of halogens is 1. The molecule has 128 valence electrons. The van der Waals surface area contributed by atoms with Crippen molar-refractivity contribution in [3.8, 4) is 0 Å². The second kappa shape index (κ2) is 10.4. The first-order valence-electron chi connectivity index (χ1n) is 7.57. The summed E-state index contributed by atoms with van der Waals surface area (Å²) in [6, 6.07) is 8.13. The molecule has 0 spiro atoms. The third-order valence-corrected chi connectivity index (χ3v) is 3.58. The molecule has 23 heavy (non-hydrogen) atoms. The van der Waals surface area contributed by atoms with Gasteiger partial charge >= 0.3 is 0 Å². The number of methoxy groups -OCH3 is 1. The van der Waals surface area contributed by atoms with Crippen LogP contribution < -0.4 is 11.1 Å². The molecular formula is C16H25IN4O2. The molecule has 3 N–H and O–H groups in total. The summed E-state index contributed by atoms with van der Waals surface area (Å²) >= 11 is 0. The fourth-order valence-electron chi connectivity index (χ4n) is 2.43. The van der Waals surface area contributed by atoms with Crippen LogP contribution in [0.3, 0.4) is 0 Å². The standard InChI is InChI=1S/C16H24N4O2.HI/c1-22-9-7-18-16(17)19-11-13-4-2-5-14(10-13)12-20-8-3-6-15(20)21;/h2,4-5,10H,3,6-9,11-12H2,1H3,(H3,17,18,19);1H. The molecule has 1 aliphatic rings. The van der Waals surface area contributed by atoms with Crippen molar-refractivity contribution in [3.63, 3.8) is 0 Å². The van der Waals surface area contributed by atoms with Crippen LogP contribution in [0.4, 0.5) is 0 Å². The van der Waals surface area contributed by atoms with E-state index in [0.717, 1.165) is 24.1 Å². The lowest BCUT2D eigenvalue weighted by atomic mass is 10.1. The average Bonchev–Trinajstić information content (AvgIpc) is 2.91. The molecule has 0 radical (unpaired) electrons. The number of nitrogens with zero attached hydrogens (tertiary/aromatic N) is 2. The van der Waals surface area contributed by atoms with Crippen LogP contribution >= 0.6 is 24.0 Å². The molecule has 1 aromatic rings. The van der Waals surface area contributed by atoms with Gasteiger partial charge in [0.05, 0.1) is 13.2 Å². The summed E-state index contributed by atoms with van der Waals surface area (Å²) < 4.78 is 4.94. The SMILES string of the molecule is COCCNC(N)=NCc1cccc(CN2CCCC2=O)c1.I. The Kier molecular flexibility index (Phi) is 8.93. The zero-order chi connectivity index (χ0) is 15.8. The number of rotatable bonds is 7. The molecular weight excluding hydrogens is 407 g/mol. The fourth-order valence-corrected chi connectivity index (χ4v) is 2.43. The molecule has 1 amide bonds. The van der Waals surface area contributed by atoms with Gasteiger partial charge in [0.2, 0.25) is 5.91 Å². The van der Waals surface area contributed by atoms with Gasteiger partial charge in [-0.05, 0) is 17.5 Å². The number of carbonyl (C=O) groups excluding carboxylic acids is 1. The maximum atomic E-state index is 11.7. The predicted octanol–water partition coefficient (Wildman–Crippen LogP) is 1.48. The van der Waals surface area contributed by atoms with E-state index >= 15 is 0 Å². The van der Waals surface area contributed by atoms with E-state index in [1.54, 1.807) is 7.11 Å². The minimum absolute atomic E-state index is 0. The highest BCUT2D eigenvalue weighted by atomic mass is 127. The van der Waals surface area contributed by atoms with E-state index in [0.29, 0.717) is 38.6 Å². The molecule has 0 unspecified atom stereocenters. The molecule has 1 saturated heterocycles. The number of likely N-dealkylation sites (tertiary alicyclic amines) is 1. The highest BCUT2D eigenvalue weighted by Crippen LogP contribution is 2.15. The lowest BCUT2D eigenvalue weighted by molar-refractivity contribution is -0.128. The number of guanidine groups is 1. The van der Waals surface area contributed by atoms with Gasteiger partial charge in [0.15, 0.2) is 5.96 Å². The lowest BCUT2D eigenvalue weighted by Gasteiger charge is -2.15. The van der Waals surface area contributed by atoms with E-state index in [9.17, 15) is 4.79 Å². The van der Waals surface area contributed by atoms with Crippen LogP contribution in [0.1, 0.15) is 24.0 Å². The Hall–Kier alpha value is -1.35. The first-order chi connectivity index (χ1) is 10.7. The van der Waals surface area contributed by atoms with Gasteiger partial charge in [-0.2, -0.15) is 0 Å². The molecule has 0 aliphatic carbocycles. The number of aliphatic imine (C=N–C) groups is 1. The Balaban J connectivity index is 0.00000264. The first-order valence-corrected chi connectivity index (χ1v) is 7.57. The number of hydrogen-bond donors (Lipinski definition) is 2. The van der Waals surface area contributed by atoms with Crippen LogP contribution in [0.5, 0.6) is 0 Å². The second-order valence-corrected chi connectivity index (χ2v) is 5.36. The van der Waals surface area contributed by atoms with Gasteiger partial charge in [-0.15, -0.1) is 24.0 Å².